The minimum absolute atomic E-state index is 0.0846. The molecule has 1 aromatic heterocycles. The average Bonchev–Trinajstić information content (AvgIpc) is 2.78. The minimum atomic E-state index is -0.748. The number of aromatic nitrogens is 2. The lowest BCUT2D eigenvalue weighted by molar-refractivity contribution is 0.107. The second-order valence-corrected chi connectivity index (χ2v) is 8.03. The Labute approximate surface area is 141 Å². The summed E-state index contributed by atoms with van der Waals surface area (Å²) >= 11 is 0. The molecule has 3 aromatic rings. The van der Waals surface area contributed by atoms with Crippen molar-refractivity contribution in [1.82, 2.24) is 9.55 Å². The highest BCUT2D eigenvalue weighted by Crippen LogP contribution is 2.49. The lowest BCUT2D eigenvalue weighted by Gasteiger charge is -2.24. The number of ether oxygens (including phenoxy) is 1. The molecule has 0 fully saturated rings. The van der Waals surface area contributed by atoms with Crippen LogP contribution in [0.5, 0.6) is 0 Å². The van der Waals surface area contributed by atoms with E-state index in [4.69, 9.17) is 4.74 Å². The van der Waals surface area contributed by atoms with Crippen LogP contribution in [0.2, 0.25) is 0 Å². The van der Waals surface area contributed by atoms with Crippen LogP contribution in [0, 0.1) is 5.82 Å². The van der Waals surface area contributed by atoms with Crippen molar-refractivity contribution in [3.63, 3.8) is 0 Å². The zero-order valence-electron chi connectivity index (χ0n) is 13.1. The third kappa shape index (κ3) is 2.52. The van der Waals surface area contributed by atoms with Gasteiger partial charge in [-0.1, -0.05) is 12.1 Å². The molecule has 124 valence electrons. The molecule has 4 nitrogen and oxygen atoms in total. The van der Waals surface area contributed by atoms with Crippen LogP contribution < -0.4 is 5.69 Å². The predicted molar refractivity (Wildman–Crippen MR) is 93.6 cm³/mol. The molecule has 1 aliphatic rings. The lowest BCUT2D eigenvalue weighted by Crippen LogP contribution is -2.29. The van der Waals surface area contributed by atoms with Crippen LogP contribution in [-0.4, -0.2) is 28.5 Å². The largest absolute Gasteiger partial charge is 0.379 e. The molecule has 0 saturated carbocycles. The van der Waals surface area contributed by atoms with Gasteiger partial charge in [-0.15, -0.1) is 0 Å². The van der Waals surface area contributed by atoms with Gasteiger partial charge < -0.3 is 4.74 Å². The number of benzene rings is 2. The van der Waals surface area contributed by atoms with Crippen molar-refractivity contribution >= 4 is 21.8 Å². The van der Waals surface area contributed by atoms with Gasteiger partial charge in [0.15, 0.2) is 0 Å². The molecule has 0 N–H and O–H groups in total. The van der Waals surface area contributed by atoms with Gasteiger partial charge in [-0.3, -0.25) is 4.57 Å². The Balaban J connectivity index is 2.00. The first-order valence-electron chi connectivity index (χ1n) is 7.72. The summed E-state index contributed by atoms with van der Waals surface area (Å²) in [5.41, 5.74) is 0.667. The predicted octanol–water partition coefficient (Wildman–Crippen LogP) is 2.98. The quantitative estimate of drug-likeness (QED) is 0.727. The zero-order valence-corrected chi connectivity index (χ0v) is 14.0. The van der Waals surface area contributed by atoms with Crippen molar-refractivity contribution < 1.29 is 9.13 Å². The number of hydrogen-bond acceptors (Lipinski definition) is 3. The normalized spacial score (nSPS) is 21.6. The fourth-order valence-electron chi connectivity index (χ4n) is 3.20. The maximum absolute atomic E-state index is 13.3. The minimum Gasteiger partial charge on any atom is -0.379 e. The number of para-hydroxylation sites is 1. The van der Waals surface area contributed by atoms with Gasteiger partial charge in [-0.2, -0.15) is 10.9 Å². The van der Waals surface area contributed by atoms with Gasteiger partial charge in [-0.25, -0.2) is 14.2 Å². The van der Waals surface area contributed by atoms with Gasteiger partial charge in [0.25, 0.3) is 0 Å². The highest BCUT2D eigenvalue weighted by Gasteiger charge is 2.25. The third-order valence-electron chi connectivity index (χ3n) is 4.40. The van der Waals surface area contributed by atoms with Gasteiger partial charge >= 0.3 is 5.69 Å². The first-order valence-corrected chi connectivity index (χ1v) is 9.24. The number of nitrogens with zero attached hydrogens (tertiary/aromatic N) is 2. The second kappa shape index (κ2) is 6.03. The Morgan fingerprint density at radius 3 is 2.79 bits per heavy atom. The average molecular weight is 344 g/mol. The molecule has 0 radical (unpaired) electrons. The summed E-state index contributed by atoms with van der Waals surface area (Å²) in [5.74, 6) is 0.545. The summed E-state index contributed by atoms with van der Waals surface area (Å²) in [6, 6.07) is 12.7. The van der Waals surface area contributed by atoms with E-state index in [0.717, 1.165) is 26.4 Å². The summed E-state index contributed by atoms with van der Waals surface area (Å²) in [6.45, 7) is 0.483. The summed E-state index contributed by atoms with van der Waals surface area (Å²) in [6.07, 6.45) is 1.54. The SMILES string of the molecule is COC1Cn2c(=O)ncc3cccc(c32)[SH](c2ccc(F)cc2)C1. The molecule has 2 aromatic carbocycles. The molecule has 24 heavy (non-hydrogen) atoms. The molecular weight excluding hydrogens is 327 g/mol. The first-order chi connectivity index (χ1) is 11.7. The monoisotopic (exact) mass is 344 g/mol. The molecule has 2 unspecified atom stereocenters. The topological polar surface area (TPSA) is 44.1 Å². The highest BCUT2D eigenvalue weighted by atomic mass is 32.2. The fourth-order valence-corrected chi connectivity index (χ4v) is 5.84. The van der Waals surface area contributed by atoms with Crippen molar-refractivity contribution in [2.45, 2.75) is 22.4 Å². The Bertz CT molecular complexity index is 955. The van der Waals surface area contributed by atoms with E-state index in [2.05, 4.69) is 11.1 Å². The third-order valence-corrected chi connectivity index (χ3v) is 7.03. The number of rotatable bonds is 2. The van der Waals surface area contributed by atoms with Gasteiger partial charge in [0, 0.05) is 29.3 Å². The molecule has 4 rings (SSSR count). The van der Waals surface area contributed by atoms with Crippen LogP contribution in [0.3, 0.4) is 0 Å². The molecule has 0 spiro atoms. The number of thiol groups is 1. The molecule has 0 amide bonds. The first kappa shape index (κ1) is 15.4. The summed E-state index contributed by atoms with van der Waals surface area (Å²) < 4.78 is 20.7. The Morgan fingerprint density at radius 1 is 1.25 bits per heavy atom. The summed E-state index contributed by atoms with van der Waals surface area (Å²) in [5, 5.41) is 0.943. The highest BCUT2D eigenvalue weighted by molar-refractivity contribution is 8.17. The van der Waals surface area contributed by atoms with E-state index < -0.39 is 10.9 Å². The van der Waals surface area contributed by atoms with E-state index >= 15 is 0 Å². The van der Waals surface area contributed by atoms with Crippen molar-refractivity contribution in [2.24, 2.45) is 0 Å². The lowest BCUT2D eigenvalue weighted by atomic mass is 10.2. The summed E-state index contributed by atoms with van der Waals surface area (Å²) in [7, 11) is 0.916. The van der Waals surface area contributed by atoms with Crippen LogP contribution in [0.25, 0.3) is 10.9 Å². The van der Waals surface area contributed by atoms with Crippen molar-refractivity contribution in [3.05, 3.63) is 65.0 Å². The van der Waals surface area contributed by atoms with E-state index in [0.29, 0.717) is 6.54 Å². The molecule has 2 atom stereocenters. The fraction of sp³-hybridized carbons (Fsp3) is 0.222. The number of halogens is 1. The van der Waals surface area contributed by atoms with Crippen molar-refractivity contribution in [2.75, 3.05) is 12.9 Å². The molecular formula is C18H17FN2O2S. The van der Waals surface area contributed by atoms with Crippen LogP contribution in [0.1, 0.15) is 0 Å². The maximum Gasteiger partial charge on any atom is 0.348 e. The van der Waals surface area contributed by atoms with E-state index in [9.17, 15) is 9.18 Å². The van der Waals surface area contributed by atoms with Gasteiger partial charge in [0.05, 0.1) is 18.2 Å². The van der Waals surface area contributed by atoms with Gasteiger partial charge in [0.1, 0.15) is 5.82 Å². The van der Waals surface area contributed by atoms with Crippen LogP contribution in [0.15, 0.2) is 63.2 Å². The van der Waals surface area contributed by atoms with Crippen LogP contribution >= 0.6 is 10.9 Å². The van der Waals surface area contributed by atoms with Crippen LogP contribution in [0.4, 0.5) is 4.39 Å². The molecule has 0 bridgehead atoms. The molecule has 2 heterocycles. The van der Waals surface area contributed by atoms with E-state index in [1.54, 1.807) is 17.9 Å². The van der Waals surface area contributed by atoms with Gasteiger partial charge in [-0.05, 0) is 35.2 Å². The molecule has 6 heteroatoms. The summed E-state index contributed by atoms with van der Waals surface area (Å²) in [4.78, 5) is 18.5. The molecule has 0 saturated heterocycles. The van der Waals surface area contributed by atoms with Crippen LogP contribution in [-0.2, 0) is 11.3 Å². The molecule has 0 aliphatic carbocycles. The molecule has 1 aliphatic heterocycles. The smallest absolute Gasteiger partial charge is 0.348 e. The van der Waals surface area contributed by atoms with Crippen molar-refractivity contribution in [3.8, 4) is 0 Å². The number of hydrogen-bond donors (Lipinski definition) is 1. The van der Waals surface area contributed by atoms with E-state index in [1.165, 1.54) is 12.1 Å². The zero-order chi connectivity index (χ0) is 16.7. The Morgan fingerprint density at radius 2 is 2.04 bits per heavy atom. The Kier molecular flexibility index (Phi) is 3.86. The maximum atomic E-state index is 13.3. The second-order valence-electron chi connectivity index (χ2n) is 5.81. The standard InChI is InChI=1S/C18H17FN2O2S/c1-23-14-10-21-17-12(9-20-18(21)22)3-2-4-16(17)24(11-14)15-7-5-13(19)6-8-15/h2-9,14,24H,10-11H2,1H3. The van der Waals surface area contributed by atoms with Gasteiger partial charge in [0.2, 0.25) is 0 Å². The number of methoxy groups -OCH3 is 1. The Hall–Kier alpha value is -2.18. The van der Waals surface area contributed by atoms with Crippen molar-refractivity contribution in [1.29, 1.82) is 0 Å². The van der Waals surface area contributed by atoms with E-state index in [-0.39, 0.29) is 17.6 Å². The van der Waals surface area contributed by atoms with E-state index in [1.807, 2.05) is 24.3 Å².